The Morgan fingerprint density at radius 1 is 0.812 bits per heavy atom. The number of nitrogens with one attached hydrogen (secondary N) is 3. The van der Waals surface area contributed by atoms with Gasteiger partial charge in [-0.05, 0) is 54.6 Å². The summed E-state index contributed by atoms with van der Waals surface area (Å²) in [5.41, 5.74) is 1.19. The number of para-hydroxylation sites is 2. The van der Waals surface area contributed by atoms with Gasteiger partial charge in [0.15, 0.2) is 0 Å². The van der Waals surface area contributed by atoms with Crippen LogP contribution in [0.5, 0.6) is 5.75 Å². The van der Waals surface area contributed by atoms with Crippen molar-refractivity contribution in [2.75, 3.05) is 28.1 Å². The van der Waals surface area contributed by atoms with Crippen molar-refractivity contribution in [3.63, 3.8) is 0 Å². The molecule has 0 aliphatic heterocycles. The molecule has 3 N–H and O–H groups in total. The normalized spacial score (nSPS) is 11.4. The molecule has 0 saturated carbocycles. The number of ether oxygens (including phenoxy) is 1. The molecule has 3 aromatic carbocycles. The molecule has 0 bridgehead atoms. The van der Waals surface area contributed by atoms with Gasteiger partial charge in [-0.15, -0.1) is 0 Å². The highest BCUT2D eigenvalue weighted by atomic mass is 32.2. The van der Waals surface area contributed by atoms with Crippen molar-refractivity contribution in [1.82, 2.24) is 0 Å². The topological polar surface area (TPSA) is 131 Å². The van der Waals surface area contributed by atoms with Crippen LogP contribution in [0, 0.1) is 0 Å². The maximum Gasteiger partial charge on any atom is 0.262 e. The number of carbonyl (C=O) groups is 1. The van der Waals surface area contributed by atoms with Gasteiger partial charge in [0.2, 0.25) is 10.0 Å². The summed E-state index contributed by atoms with van der Waals surface area (Å²) in [7, 11) is -5.91. The molecule has 32 heavy (non-hydrogen) atoms. The molecule has 0 aliphatic carbocycles. The Morgan fingerprint density at radius 3 is 2.12 bits per heavy atom. The first kappa shape index (κ1) is 23.1. The number of hydrogen-bond donors (Lipinski definition) is 3. The lowest BCUT2D eigenvalue weighted by molar-refractivity contribution is 0.102. The number of hydrogen-bond acceptors (Lipinski definition) is 6. The SMILES string of the molecule is COc1ccccc1NS(=O)(=O)c1ccc(C(=O)Nc2cccc(NS(C)(=O)=O)c2)cc1. The van der Waals surface area contributed by atoms with E-state index >= 15 is 0 Å². The van der Waals surface area contributed by atoms with E-state index in [2.05, 4.69) is 14.8 Å². The van der Waals surface area contributed by atoms with Crippen LogP contribution in [0.3, 0.4) is 0 Å². The van der Waals surface area contributed by atoms with Gasteiger partial charge in [-0.1, -0.05) is 18.2 Å². The van der Waals surface area contributed by atoms with E-state index < -0.39 is 26.0 Å². The average molecular weight is 476 g/mol. The molecule has 0 unspecified atom stereocenters. The standard InChI is InChI=1S/C21H21N3O6S2/c1-30-20-9-4-3-8-19(20)24-32(28,29)18-12-10-15(11-13-18)21(25)22-16-6-5-7-17(14-16)23-31(2,26)27/h3-14,23-24H,1-2H3,(H,22,25). The minimum Gasteiger partial charge on any atom is -0.495 e. The summed E-state index contributed by atoms with van der Waals surface area (Å²) >= 11 is 0. The molecular weight excluding hydrogens is 454 g/mol. The molecule has 0 aliphatic rings. The first-order valence-corrected chi connectivity index (χ1v) is 12.6. The molecule has 0 fully saturated rings. The molecule has 3 rings (SSSR count). The zero-order chi connectivity index (χ0) is 23.4. The summed E-state index contributed by atoms with van der Waals surface area (Å²) in [6.07, 6.45) is 1.02. The third-order valence-corrected chi connectivity index (χ3v) is 6.19. The van der Waals surface area contributed by atoms with Gasteiger partial charge >= 0.3 is 0 Å². The predicted octanol–water partition coefficient (Wildman–Crippen LogP) is 3.12. The lowest BCUT2D eigenvalue weighted by atomic mass is 10.2. The molecule has 0 radical (unpaired) electrons. The van der Waals surface area contributed by atoms with E-state index in [0.717, 1.165) is 6.26 Å². The molecule has 3 aromatic rings. The largest absolute Gasteiger partial charge is 0.495 e. The molecule has 11 heteroatoms. The van der Waals surface area contributed by atoms with Crippen LogP contribution < -0.4 is 19.5 Å². The minimum atomic E-state index is -3.90. The van der Waals surface area contributed by atoms with Gasteiger partial charge in [0.1, 0.15) is 5.75 Å². The molecule has 0 spiro atoms. The van der Waals surface area contributed by atoms with Crippen molar-refractivity contribution in [2.24, 2.45) is 0 Å². The molecule has 168 valence electrons. The maximum absolute atomic E-state index is 12.7. The van der Waals surface area contributed by atoms with Gasteiger partial charge in [-0.25, -0.2) is 16.8 Å². The summed E-state index contributed by atoms with van der Waals surface area (Å²) in [5.74, 6) is -0.109. The van der Waals surface area contributed by atoms with Crippen LogP contribution in [0.15, 0.2) is 77.7 Å². The first-order chi connectivity index (χ1) is 15.1. The quantitative estimate of drug-likeness (QED) is 0.459. The van der Waals surface area contributed by atoms with Crippen LogP contribution in [-0.2, 0) is 20.0 Å². The minimum absolute atomic E-state index is 0.0284. The highest BCUT2D eigenvalue weighted by molar-refractivity contribution is 7.92. The fraction of sp³-hybridized carbons (Fsp3) is 0.0952. The predicted molar refractivity (Wildman–Crippen MR) is 123 cm³/mol. The summed E-state index contributed by atoms with van der Waals surface area (Å²) in [6, 6.07) is 18.2. The third kappa shape index (κ3) is 5.99. The van der Waals surface area contributed by atoms with E-state index in [9.17, 15) is 21.6 Å². The highest BCUT2D eigenvalue weighted by Gasteiger charge is 2.17. The molecule has 0 saturated heterocycles. The van der Waals surface area contributed by atoms with Crippen molar-refractivity contribution >= 4 is 43.0 Å². The fourth-order valence-electron chi connectivity index (χ4n) is 2.80. The van der Waals surface area contributed by atoms with E-state index in [0.29, 0.717) is 22.8 Å². The van der Waals surface area contributed by atoms with Crippen LogP contribution in [0.2, 0.25) is 0 Å². The second kappa shape index (κ2) is 9.28. The number of sulfonamides is 2. The summed E-state index contributed by atoms with van der Waals surface area (Å²) in [5, 5.41) is 2.64. The Bertz CT molecular complexity index is 1340. The number of carbonyl (C=O) groups excluding carboxylic acids is 1. The van der Waals surface area contributed by atoms with Crippen molar-refractivity contribution in [3.05, 3.63) is 78.4 Å². The van der Waals surface area contributed by atoms with Gasteiger partial charge in [0.05, 0.1) is 29.6 Å². The number of anilines is 3. The van der Waals surface area contributed by atoms with E-state index in [1.807, 2.05) is 0 Å². The van der Waals surface area contributed by atoms with Gasteiger partial charge in [0, 0.05) is 11.3 Å². The first-order valence-electron chi connectivity index (χ1n) is 9.22. The van der Waals surface area contributed by atoms with E-state index in [-0.39, 0.29) is 10.5 Å². The second-order valence-corrected chi connectivity index (χ2v) is 10.2. The van der Waals surface area contributed by atoms with Crippen LogP contribution in [-0.4, -0.2) is 36.1 Å². The smallest absolute Gasteiger partial charge is 0.262 e. The summed E-state index contributed by atoms with van der Waals surface area (Å²) < 4.78 is 58.0. The summed E-state index contributed by atoms with van der Waals surface area (Å²) in [6.45, 7) is 0. The van der Waals surface area contributed by atoms with Gasteiger partial charge < -0.3 is 10.1 Å². The highest BCUT2D eigenvalue weighted by Crippen LogP contribution is 2.26. The fourth-order valence-corrected chi connectivity index (χ4v) is 4.42. The Balaban J connectivity index is 1.74. The molecule has 0 atom stereocenters. The summed E-state index contributed by atoms with van der Waals surface area (Å²) in [4.78, 5) is 12.5. The Kier molecular flexibility index (Phi) is 6.70. The zero-order valence-corrected chi connectivity index (χ0v) is 18.8. The molecule has 0 heterocycles. The number of amides is 1. The molecule has 9 nitrogen and oxygen atoms in total. The zero-order valence-electron chi connectivity index (χ0n) is 17.2. The van der Waals surface area contributed by atoms with Crippen LogP contribution in [0.1, 0.15) is 10.4 Å². The van der Waals surface area contributed by atoms with Crippen LogP contribution >= 0.6 is 0 Å². The van der Waals surface area contributed by atoms with Crippen molar-refractivity contribution < 1.29 is 26.4 Å². The molecular formula is C21H21N3O6S2. The average Bonchev–Trinajstić information content (AvgIpc) is 2.73. The van der Waals surface area contributed by atoms with Gasteiger partial charge in [0.25, 0.3) is 15.9 Å². The van der Waals surface area contributed by atoms with Crippen LogP contribution in [0.4, 0.5) is 17.1 Å². The van der Waals surface area contributed by atoms with Crippen molar-refractivity contribution in [3.8, 4) is 5.75 Å². The van der Waals surface area contributed by atoms with Gasteiger partial charge in [-0.2, -0.15) is 0 Å². The monoisotopic (exact) mass is 475 g/mol. The van der Waals surface area contributed by atoms with Crippen molar-refractivity contribution in [1.29, 1.82) is 0 Å². The van der Waals surface area contributed by atoms with E-state index in [1.165, 1.54) is 37.4 Å². The van der Waals surface area contributed by atoms with Crippen LogP contribution in [0.25, 0.3) is 0 Å². The Hall–Kier alpha value is -3.57. The molecule has 1 amide bonds. The van der Waals surface area contributed by atoms with E-state index in [1.54, 1.807) is 42.5 Å². The number of rotatable bonds is 8. The second-order valence-electron chi connectivity index (χ2n) is 6.74. The lowest BCUT2D eigenvalue weighted by Gasteiger charge is -2.12. The third-order valence-electron chi connectivity index (χ3n) is 4.20. The number of benzene rings is 3. The van der Waals surface area contributed by atoms with Gasteiger partial charge in [-0.3, -0.25) is 14.2 Å². The molecule has 0 aromatic heterocycles. The maximum atomic E-state index is 12.7. The number of methoxy groups -OCH3 is 1. The Morgan fingerprint density at radius 2 is 1.47 bits per heavy atom. The lowest BCUT2D eigenvalue weighted by Crippen LogP contribution is -2.15. The van der Waals surface area contributed by atoms with Crippen molar-refractivity contribution in [2.45, 2.75) is 4.90 Å². The Labute approximate surface area is 186 Å². The van der Waals surface area contributed by atoms with E-state index in [4.69, 9.17) is 4.74 Å².